The van der Waals surface area contributed by atoms with Crippen LogP contribution in [-0.2, 0) is 4.74 Å². The average molecular weight is 279 g/mol. The second-order valence-corrected chi connectivity index (χ2v) is 5.11. The Morgan fingerprint density at radius 1 is 1.15 bits per heavy atom. The van der Waals surface area contributed by atoms with Gasteiger partial charge in [0.1, 0.15) is 6.61 Å². The monoisotopic (exact) mass is 279 g/mol. The van der Waals surface area contributed by atoms with Crippen molar-refractivity contribution in [1.29, 1.82) is 0 Å². The van der Waals surface area contributed by atoms with Gasteiger partial charge in [-0.3, -0.25) is 0 Å². The van der Waals surface area contributed by atoms with Gasteiger partial charge in [0.15, 0.2) is 11.5 Å². The molecule has 112 valence electrons. The van der Waals surface area contributed by atoms with Gasteiger partial charge in [-0.05, 0) is 37.9 Å². The Kier molecular flexibility index (Phi) is 6.15. The van der Waals surface area contributed by atoms with Gasteiger partial charge < -0.3 is 19.5 Å². The Morgan fingerprint density at radius 2 is 1.90 bits per heavy atom. The van der Waals surface area contributed by atoms with Crippen LogP contribution in [0.2, 0.25) is 0 Å². The van der Waals surface area contributed by atoms with Crippen LogP contribution in [0.1, 0.15) is 20.3 Å². The third-order valence-electron chi connectivity index (χ3n) is 3.58. The minimum Gasteiger partial charge on any atom is -0.490 e. The molecule has 1 fully saturated rings. The lowest BCUT2D eigenvalue weighted by molar-refractivity contribution is -0.00862. The first-order valence-corrected chi connectivity index (χ1v) is 7.48. The predicted octanol–water partition coefficient (Wildman–Crippen LogP) is 2.48. The van der Waals surface area contributed by atoms with Crippen LogP contribution in [0.15, 0.2) is 24.3 Å². The molecule has 0 radical (unpaired) electrons. The van der Waals surface area contributed by atoms with Gasteiger partial charge in [-0.1, -0.05) is 19.1 Å². The van der Waals surface area contributed by atoms with Crippen LogP contribution >= 0.6 is 0 Å². The Hall–Kier alpha value is -1.26. The van der Waals surface area contributed by atoms with E-state index in [-0.39, 0.29) is 0 Å². The molecule has 1 aliphatic heterocycles. The summed E-state index contributed by atoms with van der Waals surface area (Å²) in [6, 6.07) is 7.75. The molecule has 1 heterocycles. The van der Waals surface area contributed by atoms with Crippen molar-refractivity contribution in [2.45, 2.75) is 26.4 Å². The summed E-state index contributed by atoms with van der Waals surface area (Å²) < 4.78 is 17.2. The summed E-state index contributed by atoms with van der Waals surface area (Å²) in [4.78, 5) is 0. The highest BCUT2D eigenvalue weighted by molar-refractivity contribution is 5.39. The standard InChI is InChI=1S/C16H25NO3/c1-3-18-14-6-4-5-7-15(14)19-10-11-20-16-12-17-9-8-13(16)2/h4-7,13,16-17H,3,8-12H2,1-2H3. The number of hydrogen-bond acceptors (Lipinski definition) is 4. The Morgan fingerprint density at radius 3 is 2.60 bits per heavy atom. The minimum atomic E-state index is 0.300. The Labute approximate surface area is 121 Å². The van der Waals surface area contributed by atoms with Gasteiger partial charge in [0, 0.05) is 6.54 Å². The SMILES string of the molecule is CCOc1ccccc1OCCOC1CNCCC1C. The molecule has 0 saturated carbocycles. The van der Waals surface area contributed by atoms with Gasteiger partial charge >= 0.3 is 0 Å². The van der Waals surface area contributed by atoms with Gasteiger partial charge in [0.05, 0.1) is 19.3 Å². The predicted molar refractivity (Wildman–Crippen MR) is 79.5 cm³/mol. The Balaban J connectivity index is 1.73. The number of nitrogens with one attached hydrogen (secondary N) is 1. The lowest BCUT2D eigenvalue weighted by atomic mass is 9.97. The van der Waals surface area contributed by atoms with Crippen LogP contribution in [0.3, 0.4) is 0 Å². The summed E-state index contributed by atoms with van der Waals surface area (Å²) in [6.45, 7) is 8.05. The minimum absolute atomic E-state index is 0.300. The summed E-state index contributed by atoms with van der Waals surface area (Å²) in [6.07, 6.45) is 1.48. The van der Waals surface area contributed by atoms with Gasteiger partial charge in [-0.25, -0.2) is 0 Å². The highest BCUT2D eigenvalue weighted by Gasteiger charge is 2.21. The van der Waals surface area contributed by atoms with Crippen molar-refractivity contribution in [3.63, 3.8) is 0 Å². The summed E-state index contributed by atoms with van der Waals surface area (Å²) in [5.74, 6) is 2.20. The molecule has 2 unspecified atom stereocenters. The summed E-state index contributed by atoms with van der Waals surface area (Å²) in [5, 5.41) is 3.36. The van der Waals surface area contributed by atoms with Crippen LogP contribution in [0.4, 0.5) is 0 Å². The topological polar surface area (TPSA) is 39.7 Å². The fourth-order valence-corrected chi connectivity index (χ4v) is 2.38. The number of hydrogen-bond donors (Lipinski definition) is 1. The largest absolute Gasteiger partial charge is 0.490 e. The van der Waals surface area contributed by atoms with E-state index in [9.17, 15) is 0 Å². The van der Waals surface area contributed by atoms with Gasteiger partial charge in [0.2, 0.25) is 0 Å². The van der Waals surface area contributed by atoms with Gasteiger partial charge in [-0.15, -0.1) is 0 Å². The van der Waals surface area contributed by atoms with E-state index >= 15 is 0 Å². The van der Waals surface area contributed by atoms with Crippen LogP contribution in [-0.4, -0.2) is 39.0 Å². The highest BCUT2D eigenvalue weighted by atomic mass is 16.5. The molecule has 20 heavy (non-hydrogen) atoms. The molecule has 2 rings (SSSR count). The van der Waals surface area contributed by atoms with E-state index in [1.54, 1.807) is 0 Å². The van der Waals surface area contributed by atoms with E-state index < -0.39 is 0 Å². The molecular weight excluding hydrogens is 254 g/mol. The third-order valence-corrected chi connectivity index (χ3v) is 3.58. The second kappa shape index (κ2) is 8.12. The molecule has 1 aliphatic rings. The zero-order valence-electron chi connectivity index (χ0n) is 12.4. The van der Waals surface area contributed by atoms with E-state index in [2.05, 4.69) is 12.2 Å². The lowest BCUT2D eigenvalue weighted by Crippen LogP contribution is -2.41. The molecular formula is C16H25NO3. The maximum Gasteiger partial charge on any atom is 0.161 e. The van der Waals surface area contributed by atoms with E-state index in [4.69, 9.17) is 14.2 Å². The molecule has 2 atom stereocenters. The summed E-state index contributed by atoms with van der Waals surface area (Å²) in [5.41, 5.74) is 0. The normalized spacial score (nSPS) is 22.5. The molecule has 1 saturated heterocycles. The molecule has 0 aliphatic carbocycles. The molecule has 1 N–H and O–H groups in total. The third kappa shape index (κ3) is 4.39. The average Bonchev–Trinajstić information content (AvgIpc) is 2.47. The fraction of sp³-hybridized carbons (Fsp3) is 0.625. The van der Waals surface area contributed by atoms with Crippen molar-refractivity contribution < 1.29 is 14.2 Å². The van der Waals surface area contributed by atoms with Crippen LogP contribution in [0.25, 0.3) is 0 Å². The zero-order chi connectivity index (χ0) is 14.2. The molecule has 1 aromatic rings. The first-order valence-electron chi connectivity index (χ1n) is 7.48. The van der Waals surface area contributed by atoms with Crippen molar-refractivity contribution in [2.24, 2.45) is 5.92 Å². The van der Waals surface area contributed by atoms with E-state index in [0.29, 0.717) is 31.8 Å². The van der Waals surface area contributed by atoms with E-state index in [0.717, 1.165) is 24.6 Å². The number of benzene rings is 1. The van der Waals surface area contributed by atoms with Crippen molar-refractivity contribution in [3.8, 4) is 11.5 Å². The van der Waals surface area contributed by atoms with Crippen molar-refractivity contribution in [3.05, 3.63) is 24.3 Å². The first kappa shape index (κ1) is 15.1. The number of para-hydroxylation sites is 2. The molecule has 4 nitrogen and oxygen atoms in total. The summed E-state index contributed by atoms with van der Waals surface area (Å²) >= 11 is 0. The van der Waals surface area contributed by atoms with E-state index in [1.807, 2.05) is 31.2 Å². The molecule has 0 amide bonds. The molecule has 0 aromatic heterocycles. The van der Waals surface area contributed by atoms with Gasteiger partial charge in [0.25, 0.3) is 0 Å². The number of rotatable bonds is 7. The first-order chi connectivity index (χ1) is 9.81. The Bertz CT molecular complexity index is 397. The second-order valence-electron chi connectivity index (χ2n) is 5.11. The van der Waals surface area contributed by atoms with Crippen LogP contribution in [0.5, 0.6) is 11.5 Å². The highest BCUT2D eigenvalue weighted by Crippen LogP contribution is 2.26. The molecule has 0 bridgehead atoms. The molecule has 0 spiro atoms. The van der Waals surface area contributed by atoms with Crippen LogP contribution < -0.4 is 14.8 Å². The maximum absolute atomic E-state index is 5.89. The van der Waals surface area contributed by atoms with Crippen molar-refractivity contribution in [1.82, 2.24) is 5.32 Å². The zero-order valence-corrected chi connectivity index (χ0v) is 12.4. The number of ether oxygens (including phenoxy) is 3. The maximum atomic E-state index is 5.89. The van der Waals surface area contributed by atoms with Crippen molar-refractivity contribution in [2.75, 3.05) is 32.9 Å². The smallest absolute Gasteiger partial charge is 0.161 e. The fourth-order valence-electron chi connectivity index (χ4n) is 2.38. The molecule has 4 heteroatoms. The van der Waals surface area contributed by atoms with Crippen LogP contribution in [0, 0.1) is 5.92 Å². The lowest BCUT2D eigenvalue weighted by Gasteiger charge is -2.29. The van der Waals surface area contributed by atoms with Gasteiger partial charge in [-0.2, -0.15) is 0 Å². The quantitative estimate of drug-likeness (QED) is 0.778. The van der Waals surface area contributed by atoms with Crippen molar-refractivity contribution >= 4 is 0 Å². The molecule has 1 aromatic carbocycles. The number of piperidine rings is 1. The van der Waals surface area contributed by atoms with E-state index in [1.165, 1.54) is 6.42 Å². The summed E-state index contributed by atoms with van der Waals surface area (Å²) in [7, 11) is 0.